The number of benzene rings is 4. The van der Waals surface area contributed by atoms with Crippen LogP contribution in [0.25, 0.3) is 0 Å². The summed E-state index contributed by atoms with van der Waals surface area (Å²) in [5, 5.41) is 34.9. The normalized spacial score (nSPS) is 13.2. The van der Waals surface area contributed by atoms with Crippen LogP contribution in [0.4, 0.5) is 0 Å². The molecule has 3 nitrogen and oxygen atoms in total. The van der Waals surface area contributed by atoms with Crippen molar-refractivity contribution in [3.63, 3.8) is 0 Å². The molecule has 57 heavy (non-hydrogen) atoms. The lowest BCUT2D eigenvalue weighted by atomic mass is 9.75. The largest absolute Gasteiger partial charge is 0.507 e. The van der Waals surface area contributed by atoms with Gasteiger partial charge in [0.15, 0.2) is 0 Å². The Kier molecular flexibility index (Phi) is 12.7. The Morgan fingerprint density at radius 2 is 0.684 bits per heavy atom. The van der Waals surface area contributed by atoms with E-state index in [0.29, 0.717) is 17.2 Å². The molecule has 0 heterocycles. The predicted molar refractivity (Wildman–Crippen MR) is 246 cm³/mol. The Morgan fingerprint density at radius 3 is 0.965 bits per heavy atom. The van der Waals surface area contributed by atoms with Crippen molar-refractivity contribution in [2.75, 3.05) is 0 Å². The highest BCUT2D eigenvalue weighted by Crippen LogP contribution is 2.45. The molecule has 0 fully saturated rings. The van der Waals surface area contributed by atoms with Gasteiger partial charge in [-0.05, 0) is 157 Å². The highest BCUT2D eigenvalue weighted by atomic mass is 16.3. The SMILES string of the molecule is CCC(C)(C)c1cc(Cc2c(C)c(Cc3cc(C(C)C)c(O)c(C(C)(C)C)c3)c(C)c(Cc3cc(C(C)(C)C)c(O)c(C(C)(C)C)c3)c2C)cc(C(C)(C)C)c1O. The summed E-state index contributed by atoms with van der Waals surface area (Å²) in [7, 11) is 0. The zero-order valence-corrected chi connectivity index (χ0v) is 39.7. The van der Waals surface area contributed by atoms with Crippen LogP contribution in [0.15, 0.2) is 36.4 Å². The minimum absolute atomic E-state index is 0.181. The minimum atomic E-state index is -0.224. The van der Waals surface area contributed by atoms with Crippen LogP contribution < -0.4 is 0 Å². The van der Waals surface area contributed by atoms with Crippen molar-refractivity contribution >= 4 is 0 Å². The fourth-order valence-electron chi connectivity index (χ4n) is 8.65. The molecule has 0 saturated carbocycles. The highest BCUT2D eigenvalue weighted by Gasteiger charge is 2.31. The van der Waals surface area contributed by atoms with Crippen molar-refractivity contribution in [3.05, 3.63) is 120 Å². The maximum absolute atomic E-state index is 11.7. The summed E-state index contributed by atoms with van der Waals surface area (Å²) < 4.78 is 0. The van der Waals surface area contributed by atoms with Gasteiger partial charge in [-0.1, -0.05) is 154 Å². The molecule has 0 radical (unpaired) electrons. The standard InChI is InChI=1S/C54H78O3/c1-21-54(19,20)46-30-37(29-45(49(46)57)53(16,17)18)25-41-33(5)39(23-35-22-38(31(2)3)47(55)42(26-35)50(7,8)9)32(4)40(34(41)6)24-36-27-43(51(10,11)12)48(56)44(28-36)52(13,14)15/h22,26-31,55-57H,21,23-25H2,1-20H3. The van der Waals surface area contributed by atoms with Crippen molar-refractivity contribution in [2.24, 2.45) is 0 Å². The van der Waals surface area contributed by atoms with Crippen molar-refractivity contribution < 1.29 is 15.3 Å². The fourth-order valence-corrected chi connectivity index (χ4v) is 8.65. The maximum atomic E-state index is 11.7. The topological polar surface area (TPSA) is 60.7 Å². The van der Waals surface area contributed by atoms with Gasteiger partial charge in [-0.2, -0.15) is 0 Å². The lowest BCUT2D eigenvalue weighted by molar-refractivity contribution is 0.409. The van der Waals surface area contributed by atoms with Crippen LogP contribution in [0.1, 0.15) is 213 Å². The summed E-state index contributed by atoms with van der Waals surface area (Å²) in [5.41, 5.74) is 16.5. The molecule has 4 rings (SSSR count). The van der Waals surface area contributed by atoms with Gasteiger partial charge in [-0.3, -0.25) is 0 Å². The zero-order chi connectivity index (χ0) is 43.5. The van der Waals surface area contributed by atoms with Crippen LogP contribution in [0, 0.1) is 20.8 Å². The van der Waals surface area contributed by atoms with E-state index in [0.717, 1.165) is 59.1 Å². The van der Waals surface area contributed by atoms with Crippen LogP contribution in [0.2, 0.25) is 0 Å². The van der Waals surface area contributed by atoms with Crippen LogP contribution >= 0.6 is 0 Å². The molecule has 4 aromatic rings. The molecule has 0 bridgehead atoms. The second kappa shape index (κ2) is 15.8. The second-order valence-electron chi connectivity index (χ2n) is 22.4. The third-order valence-corrected chi connectivity index (χ3v) is 12.9. The van der Waals surface area contributed by atoms with E-state index < -0.39 is 0 Å². The first-order valence-electron chi connectivity index (χ1n) is 21.5. The van der Waals surface area contributed by atoms with Crippen molar-refractivity contribution in [1.82, 2.24) is 0 Å². The van der Waals surface area contributed by atoms with Crippen LogP contribution in [0.3, 0.4) is 0 Å². The quantitative estimate of drug-likeness (QED) is 0.159. The first-order valence-corrected chi connectivity index (χ1v) is 21.5. The van der Waals surface area contributed by atoms with E-state index in [-0.39, 0.29) is 33.0 Å². The molecule has 0 unspecified atom stereocenters. The second-order valence-corrected chi connectivity index (χ2v) is 22.4. The lowest BCUT2D eigenvalue weighted by Crippen LogP contribution is -2.20. The highest BCUT2D eigenvalue weighted by molar-refractivity contribution is 5.59. The Hall–Kier alpha value is -3.72. The van der Waals surface area contributed by atoms with Gasteiger partial charge in [0.25, 0.3) is 0 Å². The summed E-state index contributed by atoms with van der Waals surface area (Å²) >= 11 is 0. The van der Waals surface area contributed by atoms with Gasteiger partial charge in [0.1, 0.15) is 17.2 Å². The third kappa shape index (κ3) is 9.61. The van der Waals surface area contributed by atoms with E-state index in [1.54, 1.807) is 0 Å². The predicted octanol–water partition coefficient (Wildman–Crippen LogP) is 14.5. The molecule has 0 saturated heterocycles. The molecule has 4 aromatic carbocycles. The summed E-state index contributed by atoms with van der Waals surface area (Å²) in [5.74, 6) is 1.45. The van der Waals surface area contributed by atoms with E-state index in [1.165, 1.54) is 50.1 Å². The number of phenolic OH excluding ortho intramolecular Hbond substituents is 3. The Bertz CT molecular complexity index is 2090. The average molecular weight is 775 g/mol. The Labute approximate surface area is 348 Å². The van der Waals surface area contributed by atoms with E-state index >= 15 is 0 Å². The Morgan fingerprint density at radius 1 is 0.421 bits per heavy atom. The maximum Gasteiger partial charge on any atom is 0.123 e. The monoisotopic (exact) mass is 775 g/mol. The van der Waals surface area contributed by atoms with Gasteiger partial charge in [0.05, 0.1) is 0 Å². The molecule has 0 aliphatic carbocycles. The molecule has 3 heteroatoms. The molecular weight excluding hydrogens is 697 g/mol. The number of phenols is 3. The van der Waals surface area contributed by atoms with E-state index in [4.69, 9.17) is 0 Å². The van der Waals surface area contributed by atoms with E-state index in [2.05, 4.69) is 175 Å². The molecule has 0 atom stereocenters. The van der Waals surface area contributed by atoms with Crippen molar-refractivity contribution in [3.8, 4) is 17.2 Å². The molecule has 312 valence electrons. The summed E-state index contributed by atoms with van der Waals surface area (Å²) in [4.78, 5) is 0. The lowest BCUT2D eigenvalue weighted by Gasteiger charge is -2.31. The Balaban J connectivity index is 2.09. The van der Waals surface area contributed by atoms with E-state index in [1.807, 2.05) is 0 Å². The molecular formula is C54H78O3. The number of rotatable bonds is 9. The van der Waals surface area contributed by atoms with Gasteiger partial charge in [-0.15, -0.1) is 0 Å². The molecule has 0 spiro atoms. The van der Waals surface area contributed by atoms with Gasteiger partial charge in [0, 0.05) is 5.56 Å². The fraction of sp³-hybridized carbons (Fsp3) is 0.556. The number of aromatic hydroxyl groups is 3. The first-order chi connectivity index (χ1) is 25.8. The van der Waals surface area contributed by atoms with Crippen molar-refractivity contribution in [2.45, 2.75) is 197 Å². The molecule has 0 aromatic heterocycles. The molecule has 0 amide bonds. The van der Waals surface area contributed by atoms with Crippen LogP contribution in [0.5, 0.6) is 17.2 Å². The van der Waals surface area contributed by atoms with Gasteiger partial charge < -0.3 is 15.3 Å². The van der Waals surface area contributed by atoms with Gasteiger partial charge in [-0.25, -0.2) is 0 Å². The molecule has 0 aliphatic rings. The molecule has 3 N–H and O–H groups in total. The number of hydrogen-bond donors (Lipinski definition) is 3. The number of hydrogen-bond acceptors (Lipinski definition) is 3. The summed E-state index contributed by atoms with van der Waals surface area (Å²) in [6.07, 6.45) is 3.19. The third-order valence-electron chi connectivity index (χ3n) is 12.9. The average Bonchev–Trinajstić information content (AvgIpc) is 3.06. The van der Waals surface area contributed by atoms with Crippen LogP contribution in [-0.4, -0.2) is 15.3 Å². The zero-order valence-electron chi connectivity index (χ0n) is 39.7. The first kappa shape index (κ1) is 46.0. The van der Waals surface area contributed by atoms with Gasteiger partial charge in [0.2, 0.25) is 0 Å². The van der Waals surface area contributed by atoms with Crippen molar-refractivity contribution in [1.29, 1.82) is 0 Å². The smallest absolute Gasteiger partial charge is 0.123 e. The van der Waals surface area contributed by atoms with Gasteiger partial charge >= 0.3 is 0 Å². The minimum Gasteiger partial charge on any atom is -0.507 e. The van der Waals surface area contributed by atoms with E-state index in [9.17, 15) is 15.3 Å². The molecule has 0 aliphatic heterocycles. The summed E-state index contributed by atoms with van der Waals surface area (Å²) in [6, 6.07) is 13.5. The van der Waals surface area contributed by atoms with Crippen LogP contribution in [-0.2, 0) is 46.3 Å². The summed E-state index contributed by atoms with van der Waals surface area (Å²) in [6.45, 7) is 44.1.